The summed E-state index contributed by atoms with van der Waals surface area (Å²) in [6.45, 7) is 0.541. The van der Waals surface area contributed by atoms with Gasteiger partial charge >= 0.3 is 0 Å². The minimum Gasteiger partial charge on any atom is -0.487 e. The summed E-state index contributed by atoms with van der Waals surface area (Å²) >= 11 is 3.56. The van der Waals surface area contributed by atoms with Crippen LogP contribution in [0.4, 0.5) is 0 Å². The first kappa shape index (κ1) is 13.1. The van der Waals surface area contributed by atoms with E-state index in [1.165, 1.54) is 0 Å². The summed E-state index contributed by atoms with van der Waals surface area (Å²) in [5, 5.41) is 6.56. The maximum absolute atomic E-state index is 5.92. The zero-order chi connectivity index (χ0) is 15.6. The van der Waals surface area contributed by atoms with Crippen LogP contribution < -0.4 is 4.74 Å². The molecule has 0 radical (unpaired) electrons. The summed E-state index contributed by atoms with van der Waals surface area (Å²) in [6, 6.07) is 12.4. The van der Waals surface area contributed by atoms with Gasteiger partial charge in [-0.2, -0.15) is 5.10 Å². The fraction of sp³-hybridized carbons (Fsp3) is 0.111. The van der Waals surface area contributed by atoms with Gasteiger partial charge in [-0.3, -0.25) is 4.68 Å². The molecule has 0 bridgehead atoms. The minimum atomic E-state index is 0.541. The number of pyridine rings is 1. The number of hydrogen-bond donors (Lipinski definition) is 0. The van der Waals surface area contributed by atoms with E-state index in [4.69, 9.17) is 9.72 Å². The van der Waals surface area contributed by atoms with Crippen LogP contribution in [-0.4, -0.2) is 14.8 Å². The van der Waals surface area contributed by atoms with Crippen LogP contribution in [0.15, 0.2) is 47.1 Å². The number of para-hydroxylation sites is 1. The normalized spacial score (nSPS) is 13.0. The maximum atomic E-state index is 5.92. The van der Waals surface area contributed by atoms with Crippen molar-refractivity contribution in [1.82, 2.24) is 14.8 Å². The Labute approximate surface area is 140 Å². The lowest BCUT2D eigenvalue weighted by molar-refractivity contribution is 0.300. The fourth-order valence-corrected chi connectivity index (χ4v) is 3.73. The van der Waals surface area contributed by atoms with E-state index in [1.807, 2.05) is 30.1 Å². The largest absolute Gasteiger partial charge is 0.487 e. The van der Waals surface area contributed by atoms with Crippen LogP contribution in [0.25, 0.3) is 33.1 Å². The van der Waals surface area contributed by atoms with Crippen molar-refractivity contribution in [3.05, 3.63) is 52.6 Å². The Balaban J connectivity index is 1.89. The van der Waals surface area contributed by atoms with Gasteiger partial charge in [0.2, 0.25) is 0 Å². The third kappa shape index (κ3) is 1.77. The third-order valence-electron chi connectivity index (χ3n) is 4.39. The number of fused-ring (bicyclic) bond motifs is 6. The highest BCUT2D eigenvalue weighted by Gasteiger charge is 2.22. The molecule has 0 aliphatic carbocycles. The van der Waals surface area contributed by atoms with E-state index in [0.717, 1.165) is 48.8 Å². The van der Waals surface area contributed by atoms with Crippen LogP contribution in [0, 0.1) is 0 Å². The third-order valence-corrected chi connectivity index (χ3v) is 5.01. The monoisotopic (exact) mass is 365 g/mol. The van der Waals surface area contributed by atoms with Gasteiger partial charge in [-0.15, -0.1) is 0 Å². The lowest BCUT2D eigenvalue weighted by Gasteiger charge is -2.21. The molecule has 1 aliphatic heterocycles. The Morgan fingerprint density at radius 2 is 2.13 bits per heavy atom. The van der Waals surface area contributed by atoms with Gasteiger partial charge in [-0.25, -0.2) is 4.98 Å². The lowest BCUT2D eigenvalue weighted by atomic mass is 10.00. The van der Waals surface area contributed by atoms with Gasteiger partial charge in [0, 0.05) is 28.9 Å². The van der Waals surface area contributed by atoms with Gasteiger partial charge in [0.1, 0.15) is 12.4 Å². The smallest absolute Gasteiger partial charge is 0.143 e. The predicted octanol–water partition coefficient (Wildman–Crippen LogP) is 4.44. The Bertz CT molecular complexity index is 1100. The second-order valence-electron chi connectivity index (χ2n) is 5.74. The van der Waals surface area contributed by atoms with E-state index in [9.17, 15) is 0 Å². The molecular weight excluding hydrogens is 354 g/mol. The molecule has 0 spiro atoms. The fourth-order valence-electron chi connectivity index (χ4n) is 3.25. The second kappa shape index (κ2) is 4.55. The van der Waals surface area contributed by atoms with Gasteiger partial charge in [0.05, 0.1) is 27.4 Å². The molecule has 4 nitrogen and oxygen atoms in total. The van der Waals surface area contributed by atoms with Crippen LogP contribution in [-0.2, 0) is 13.7 Å². The average Bonchev–Trinajstić information content (AvgIpc) is 2.95. The summed E-state index contributed by atoms with van der Waals surface area (Å²) in [7, 11) is 1.95. The molecule has 0 saturated heterocycles. The van der Waals surface area contributed by atoms with Crippen LogP contribution in [0.2, 0.25) is 0 Å². The molecule has 112 valence electrons. The summed E-state index contributed by atoms with van der Waals surface area (Å²) < 4.78 is 8.76. The Morgan fingerprint density at radius 3 is 3.04 bits per heavy atom. The molecule has 0 atom stereocenters. The van der Waals surface area contributed by atoms with Crippen molar-refractivity contribution < 1.29 is 4.74 Å². The molecular formula is C18H12BrN3O. The predicted molar refractivity (Wildman–Crippen MR) is 93.5 cm³/mol. The topological polar surface area (TPSA) is 39.9 Å². The molecule has 0 saturated carbocycles. The van der Waals surface area contributed by atoms with E-state index >= 15 is 0 Å². The first-order valence-electron chi connectivity index (χ1n) is 7.38. The number of rotatable bonds is 0. The van der Waals surface area contributed by atoms with Crippen molar-refractivity contribution >= 4 is 37.7 Å². The summed E-state index contributed by atoms with van der Waals surface area (Å²) in [5.41, 5.74) is 5.22. The Hall–Kier alpha value is -2.40. The van der Waals surface area contributed by atoms with Crippen molar-refractivity contribution in [2.24, 2.45) is 7.05 Å². The zero-order valence-electron chi connectivity index (χ0n) is 12.4. The summed E-state index contributed by atoms with van der Waals surface area (Å²) in [5.74, 6) is 0.866. The van der Waals surface area contributed by atoms with Crippen LogP contribution in [0.3, 0.4) is 0 Å². The van der Waals surface area contributed by atoms with Crippen molar-refractivity contribution in [2.45, 2.75) is 6.61 Å². The zero-order valence-corrected chi connectivity index (χ0v) is 14.0. The number of hydrogen-bond acceptors (Lipinski definition) is 3. The molecule has 4 aromatic rings. The molecule has 0 fully saturated rings. The number of aryl methyl sites for hydroxylation is 1. The van der Waals surface area contributed by atoms with Gasteiger partial charge < -0.3 is 4.74 Å². The standard InChI is InChI=1S/C18H12BrN3O/c1-22-15-6-5-10-7-11-9-23-18-12(3-2-4-14(18)19)17(11)21-16(10)13(15)8-20-22/h2-8H,9H2,1H3. The molecule has 0 unspecified atom stereocenters. The average molecular weight is 366 g/mol. The van der Waals surface area contributed by atoms with Crippen molar-refractivity contribution in [3.63, 3.8) is 0 Å². The highest BCUT2D eigenvalue weighted by atomic mass is 79.9. The van der Waals surface area contributed by atoms with Crippen LogP contribution in [0.1, 0.15) is 5.56 Å². The summed E-state index contributed by atoms with van der Waals surface area (Å²) in [6.07, 6.45) is 1.89. The van der Waals surface area contributed by atoms with Crippen LogP contribution >= 0.6 is 15.9 Å². The van der Waals surface area contributed by atoms with E-state index < -0.39 is 0 Å². The number of ether oxygens (including phenoxy) is 1. The molecule has 3 heterocycles. The maximum Gasteiger partial charge on any atom is 0.143 e. The minimum absolute atomic E-state index is 0.541. The van der Waals surface area contributed by atoms with Crippen molar-refractivity contribution in [3.8, 4) is 17.0 Å². The van der Waals surface area contributed by atoms with Gasteiger partial charge in [0.25, 0.3) is 0 Å². The molecule has 2 aromatic carbocycles. The molecule has 5 rings (SSSR count). The Kier molecular flexibility index (Phi) is 2.59. The highest BCUT2D eigenvalue weighted by molar-refractivity contribution is 9.10. The van der Waals surface area contributed by atoms with E-state index in [2.05, 4.69) is 45.3 Å². The van der Waals surface area contributed by atoms with Crippen molar-refractivity contribution in [2.75, 3.05) is 0 Å². The molecule has 1 aliphatic rings. The molecule has 2 aromatic heterocycles. The van der Waals surface area contributed by atoms with E-state index in [1.54, 1.807) is 0 Å². The van der Waals surface area contributed by atoms with Gasteiger partial charge in [-0.05, 0) is 40.2 Å². The van der Waals surface area contributed by atoms with E-state index in [0.29, 0.717) is 6.61 Å². The van der Waals surface area contributed by atoms with Gasteiger partial charge in [0.15, 0.2) is 0 Å². The first-order valence-corrected chi connectivity index (χ1v) is 8.18. The van der Waals surface area contributed by atoms with Gasteiger partial charge in [-0.1, -0.05) is 12.1 Å². The molecule has 23 heavy (non-hydrogen) atoms. The van der Waals surface area contributed by atoms with Crippen LogP contribution in [0.5, 0.6) is 5.75 Å². The van der Waals surface area contributed by atoms with E-state index in [-0.39, 0.29) is 0 Å². The number of aromatic nitrogens is 3. The molecule has 0 N–H and O–H groups in total. The quantitative estimate of drug-likeness (QED) is 0.462. The lowest BCUT2D eigenvalue weighted by Crippen LogP contribution is -2.07. The van der Waals surface area contributed by atoms with Crippen molar-refractivity contribution in [1.29, 1.82) is 0 Å². The highest BCUT2D eigenvalue weighted by Crippen LogP contribution is 2.42. The molecule has 0 amide bonds. The summed E-state index contributed by atoms with van der Waals surface area (Å²) in [4.78, 5) is 4.99. The molecule has 5 heteroatoms. The second-order valence-corrected chi connectivity index (χ2v) is 6.59. The Morgan fingerprint density at radius 1 is 1.22 bits per heavy atom. The first-order chi connectivity index (χ1) is 11.2. The number of benzene rings is 2. The number of halogens is 1. The number of nitrogens with zero attached hydrogens (tertiary/aromatic N) is 3. The SMILES string of the molecule is Cn1ncc2c3nc4c(cc3ccc21)COc1c(Br)cccc1-4.